The molecule has 1 aliphatic heterocycles. The monoisotopic (exact) mass is 449 g/mol. The van der Waals surface area contributed by atoms with Gasteiger partial charge >= 0.3 is 5.97 Å². The van der Waals surface area contributed by atoms with E-state index in [-0.39, 0.29) is 24.8 Å². The number of carbonyl (C=O) groups is 3. The second-order valence-electron chi connectivity index (χ2n) is 7.51. The smallest absolute Gasteiger partial charge is 0.371 e. The third-order valence-corrected chi connectivity index (χ3v) is 5.37. The maximum atomic E-state index is 12.3. The maximum Gasteiger partial charge on any atom is 0.371 e. The third-order valence-electron chi connectivity index (χ3n) is 5.37. The van der Waals surface area contributed by atoms with E-state index in [9.17, 15) is 14.4 Å². The van der Waals surface area contributed by atoms with Crippen molar-refractivity contribution >= 4 is 39.7 Å². The molecule has 0 saturated carbocycles. The van der Waals surface area contributed by atoms with Crippen molar-refractivity contribution in [1.29, 1.82) is 0 Å². The number of aromatic nitrogens is 5. The van der Waals surface area contributed by atoms with Gasteiger partial charge in [-0.25, -0.2) is 4.79 Å². The summed E-state index contributed by atoms with van der Waals surface area (Å²) in [5.41, 5.74) is 4.91. The second kappa shape index (κ2) is 8.22. The first-order chi connectivity index (χ1) is 16.0. The normalized spacial score (nSPS) is 16.1. The van der Waals surface area contributed by atoms with Gasteiger partial charge in [-0.2, -0.15) is 5.10 Å². The molecular formula is C21H19N7O5. The number of fused-ring (bicyclic) bond motifs is 2. The van der Waals surface area contributed by atoms with E-state index in [1.807, 2.05) is 18.2 Å². The molecule has 0 spiro atoms. The van der Waals surface area contributed by atoms with Gasteiger partial charge in [0.1, 0.15) is 22.3 Å². The number of para-hydroxylation sites is 2. The molecule has 12 heteroatoms. The van der Waals surface area contributed by atoms with Gasteiger partial charge in [0.25, 0.3) is 0 Å². The Labute approximate surface area is 186 Å². The lowest BCUT2D eigenvalue weighted by Crippen LogP contribution is -2.39. The molecule has 2 aromatic carbocycles. The molecule has 4 aromatic rings. The number of hydrogen-bond donors (Lipinski definition) is 2. The lowest BCUT2D eigenvalue weighted by Gasteiger charge is -2.19. The molecule has 1 atom stereocenters. The average molecular weight is 449 g/mol. The number of piperidine rings is 1. The van der Waals surface area contributed by atoms with Crippen molar-refractivity contribution in [3.05, 3.63) is 48.2 Å². The minimum Gasteiger partial charge on any atom is -0.480 e. The van der Waals surface area contributed by atoms with Gasteiger partial charge in [-0.05, 0) is 29.8 Å². The highest BCUT2D eigenvalue weighted by molar-refractivity contribution is 6.03. The van der Waals surface area contributed by atoms with Crippen LogP contribution in [0, 0.1) is 0 Å². The Bertz CT molecular complexity index is 1390. The van der Waals surface area contributed by atoms with Crippen LogP contribution in [0.3, 0.4) is 0 Å². The minimum atomic E-state index is -0.681. The van der Waals surface area contributed by atoms with Gasteiger partial charge in [-0.1, -0.05) is 24.3 Å². The van der Waals surface area contributed by atoms with Crippen LogP contribution in [-0.2, 0) is 26.3 Å². The minimum absolute atomic E-state index is 0.255. The highest BCUT2D eigenvalue weighted by Gasteiger charge is 2.32. The van der Waals surface area contributed by atoms with E-state index >= 15 is 0 Å². The number of rotatable bonds is 6. The van der Waals surface area contributed by atoms with Crippen molar-refractivity contribution < 1.29 is 24.0 Å². The zero-order chi connectivity index (χ0) is 22.9. The van der Waals surface area contributed by atoms with Crippen molar-refractivity contribution in [3.8, 4) is 5.75 Å². The molecule has 0 bridgehead atoms. The first-order valence-electron chi connectivity index (χ1n) is 10.2. The average Bonchev–Trinajstić information content (AvgIpc) is 3.38. The lowest BCUT2D eigenvalue weighted by molar-refractivity contribution is -0.144. The van der Waals surface area contributed by atoms with Crippen molar-refractivity contribution in [3.63, 3.8) is 0 Å². The number of carbonyl (C=O) groups excluding carboxylic acids is 3. The van der Waals surface area contributed by atoms with Crippen LogP contribution in [-0.4, -0.2) is 49.3 Å². The van der Waals surface area contributed by atoms with Crippen molar-refractivity contribution in [2.75, 3.05) is 12.2 Å². The predicted octanol–water partition coefficient (Wildman–Crippen LogP) is 0.919. The molecule has 2 N–H and O–H groups in total. The van der Waals surface area contributed by atoms with Crippen LogP contribution in [0.15, 0.2) is 42.5 Å². The highest BCUT2D eigenvalue weighted by atomic mass is 16.7. The standard InChI is InChI=1S/C21H19N7O5/c1-27-20-12(19(24-27)13-9-10-17(29)22-21(13)31)5-4-8-16(20)32-11-18(30)33-26-28-15-7-3-2-6-14(15)23-25-28/h2-8,13,26H,9-11H2,1H3,(H,22,29,31). The molecule has 1 aliphatic rings. The fraction of sp³-hybridized carbons (Fsp3) is 0.238. The van der Waals surface area contributed by atoms with E-state index in [0.29, 0.717) is 39.8 Å². The molecule has 2 aromatic heterocycles. The Balaban J connectivity index is 1.29. The molecule has 5 rings (SSSR count). The van der Waals surface area contributed by atoms with E-state index < -0.39 is 11.9 Å². The fourth-order valence-corrected chi connectivity index (χ4v) is 3.85. The summed E-state index contributed by atoms with van der Waals surface area (Å²) in [5, 5.41) is 15.4. The SMILES string of the molecule is Cn1nc(C2CCC(=O)NC2=O)c2cccc(OCC(=O)ONn3nnc4ccccc43)c21. The quantitative estimate of drug-likeness (QED) is 0.324. The van der Waals surface area contributed by atoms with Crippen LogP contribution in [0.4, 0.5) is 0 Å². The van der Waals surface area contributed by atoms with E-state index in [1.165, 1.54) is 4.79 Å². The molecule has 1 unspecified atom stereocenters. The van der Waals surface area contributed by atoms with Gasteiger partial charge in [-0.15, -0.1) is 15.5 Å². The van der Waals surface area contributed by atoms with Gasteiger partial charge in [0.05, 0.1) is 11.6 Å². The molecule has 2 amide bonds. The zero-order valence-electron chi connectivity index (χ0n) is 17.5. The zero-order valence-corrected chi connectivity index (χ0v) is 17.5. The van der Waals surface area contributed by atoms with Crippen molar-refractivity contribution in [2.24, 2.45) is 7.05 Å². The summed E-state index contributed by atoms with van der Waals surface area (Å²) in [5.74, 6) is -1.46. The Hall–Kier alpha value is -4.48. The largest absolute Gasteiger partial charge is 0.480 e. The number of hydrogen-bond acceptors (Lipinski definition) is 9. The van der Waals surface area contributed by atoms with Crippen LogP contribution in [0.2, 0.25) is 0 Å². The number of benzene rings is 2. The molecule has 1 fully saturated rings. The van der Waals surface area contributed by atoms with Gasteiger partial charge in [0.2, 0.25) is 11.8 Å². The van der Waals surface area contributed by atoms with Crippen molar-refractivity contribution in [1.82, 2.24) is 30.2 Å². The summed E-state index contributed by atoms with van der Waals surface area (Å²) in [6, 6.07) is 12.5. The first-order valence-corrected chi connectivity index (χ1v) is 10.2. The topological polar surface area (TPSA) is 142 Å². The van der Waals surface area contributed by atoms with Crippen LogP contribution in [0.25, 0.3) is 21.9 Å². The van der Waals surface area contributed by atoms with Gasteiger partial charge in [-0.3, -0.25) is 19.6 Å². The predicted molar refractivity (Wildman–Crippen MR) is 114 cm³/mol. The summed E-state index contributed by atoms with van der Waals surface area (Å²) >= 11 is 0. The molecule has 33 heavy (non-hydrogen) atoms. The molecule has 3 heterocycles. The number of aryl methyl sites for hydroxylation is 1. The number of amides is 2. The van der Waals surface area contributed by atoms with E-state index in [2.05, 4.69) is 26.3 Å². The lowest BCUT2D eigenvalue weighted by atomic mass is 9.93. The number of nitrogens with one attached hydrogen (secondary N) is 2. The third kappa shape index (κ3) is 3.82. The Kier molecular flexibility index (Phi) is 5.09. The van der Waals surface area contributed by atoms with Gasteiger partial charge in [0.15, 0.2) is 6.61 Å². The summed E-state index contributed by atoms with van der Waals surface area (Å²) in [7, 11) is 1.72. The van der Waals surface area contributed by atoms with E-state index in [4.69, 9.17) is 9.57 Å². The molecule has 0 aliphatic carbocycles. The summed E-state index contributed by atoms with van der Waals surface area (Å²) in [6.45, 7) is -0.377. The van der Waals surface area contributed by atoms with E-state index in [1.54, 1.807) is 36.0 Å². The Morgan fingerprint density at radius 1 is 1.21 bits per heavy atom. The van der Waals surface area contributed by atoms with Gasteiger partial charge < -0.3 is 9.57 Å². The number of imide groups is 1. The highest BCUT2D eigenvalue weighted by Crippen LogP contribution is 2.34. The number of ether oxygens (including phenoxy) is 1. The van der Waals surface area contributed by atoms with Gasteiger partial charge in [0, 0.05) is 18.9 Å². The van der Waals surface area contributed by atoms with Crippen LogP contribution >= 0.6 is 0 Å². The summed E-state index contributed by atoms with van der Waals surface area (Å²) in [6.07, 6.45) is 0.640. The Morgan fingerprint density at radius 3 is 2.91 bits per heavy atom. The molecule has 0 radical (unpaired) electrons. The van der Waals surface area contributed by atoms with Crippen molar-refractivity contribution in [2.45, 2.75) is 18.8 Å². The molecule has 168 valence electrons. The Morgan fingerprint density at radius 2 is 2.06 bits per heavy atom. The van der Waals surface area contributed by atoms with E-state index in [0.717, 1.165) is 0 Å². The molecule has 1 saturated heterocycles. The molecule has 12 nitrogen and oxygen atoms in total. The fourth-order valence-electron chi connectivity index (χ4n) is 3.85. The van der Waals surface area contributed by atoms with Crippen LogP contribution in [0.1, 0.15) is 24.5 Å². The first kappa shape index (κ1) is 20.4. The molecular weight excluding hydrogens is 430 g/mol. The number of nitrogens with zero attached hydrogens (tertiary/aromatic N) is 5. The van der Waals surface area contributed by atoms with Crippen LogP contribution < -0.4 is 15.6 Å². The summed E-state index contributed by atoms with van der Waals surface area (Å²) < 4.78 is 7.28. The van der Waals surface area contributed by atoms with Crippen LogP contribution in [0.5, 0.6) is 5.75 Å². The maximum absolute atomic E-state index is 12.3. The second-order valence-corrected chi connectivity index (χ2v) is 7.51. The summed E-state index contributed by atoms with van der Waals surface area (Å²) in [4.78, 5) is 42.3.